The maximum atomic E-state index is 12.6. The molecule has 0 N–H and O–H groups in total. The zero-order chi connectivity index (χ0) is 11.8. The van der Waals surface area contributed by atoms with Crippen LogP contribution in [-0.2, 0) is 6.18 Å². The normalized spacial score (nSPS) is 11.8. The highest BCUT2D eigenvalue weighted by Gasteiger charge is 2.33. The fourth-order valence-corrected chi connectivity index (χ4v) is 1.62. The molecule has 1 aromatic carbocycles. The molecule has 0 atom stereocenters. The zero-order valence-corrected chi connectivity index (χ0v) is 9.20. The summed E-state index contributed by atoms with van der Waals surface area (Å²) in [6.07, 6.45) is -3.19. The van der Waals surface area contributed by atoms with E-state index in [2.05, 4.69) is 31.5 Å². The molecule has 84 valence electrons. The van der Waals surface area contributed by atoms with Crippen LogP contribution in [-0.4, -0.2) is 20.2 Å². The lowest BCUT2D eigenvalue weighted by molar-refractivity contribution is -0.138. The molecular formula is C8H4BrF3N4. The molecule has 4 nitrogen and oxygen atoms in total. The van der Waals surface area contributed by atoms with Gasteiger partial charge in [0, 0.05) is 4.47 Å². The van der Waals surface area contributed by atoms with Crippen molar-refractivity contribution in [2.75, 3.05) is 0 Å². The zero-order valence-electron chi connectivity index (χ0n) is 7.61. The molecule has 0 unspecified atom stereocenters. The first kappa shape index (κ1) is 11.1. The Balaban J connectivity index is 2.52. The van der Waals surface area contributed by atoms with E-state index in [0.29, 0.717) is 0 Å². The quantitative estimate of drug-likeness (QED) is 0.811. The molecule has 0 aliphatic heterocycles. The van der Waals surface area contributed by atoms with Gasteiger partial charge in [-0.1, -0.05) is 15.9 Å². The molecule has 8 heteroatoms. The number of hydrogen-bond acceptors (Lipinski definition) is 3. The van der Waals surface area contributed by atoms with Crippen LogP contribution >= 0.6 is 15.9 Å². The van der Waals surface area contributed by atoms with Crippen molar-refractivity contribution in [3.05, 3.63) is 34.6 Å². The summed E-state index contributed by atoms with van der Waals surface area (Å²) in [5, 5.41) is 10.2. The molecule has 16 heavy (non-hydrogen) atoms. The summed E-state index contributed by atoms with van der Waals surface area (Å²) in [4.78, 5) is 0. The molecule has 0 saturated carbocycles. The number of tetrazole rings is 1. The van der Waals surface area contributed by atoms with Crippen LogP contribution in [0.3, 0.4) is 0 Å². The monoisotopic (exact) mass is 292 g/mol. The van der Waals surface area contributed by atoms with E-state index in [-0.39, 0.29) is 10.2 Å². The predicted octanol–water partition coefficient (Wildman–Crippen LogP) is 2.44. The fraction of sp³-hybridized carbons (Fsp3) is 0.125. The minimum atomic E-state index is -4.41. The Bertz CT molecular complexity index is 494. The average Bonchev–Trinajstić information content (AvgIpc) is 2.69. The molecule has 2 rings (SSSR count). The molecule has 0 amide bonds. The number of halogens is 4. The Hall–Kier alpha value is -1.44. The summed E-state index contributed by atoms with van der Waals surface area (Å²) < 4.78 is 38.9. The van der Waals surface area contributed by atoms with Crippen molar-refractivity contribution in [3.8, 4) is 5.69 Å². The van der Waals surface area contributed by atoms with Crippen molar-refractivity contribution in [3.63, 3.8) is 0 Å². The molecule has 0 saturated heterocycles. The number of hydrogen-bond donors (Lipinski definition) is 0. The Morgan fingerprint density at radius 1 is 1.25 bits per heavy atom. The van der Waals surface area contributed by atoms with Gasteiger partial charge in [-0.05, 0) is 28.6 Å². The molecule has 2 aromatic rings. The molecule has 0 aliphatic rings. The van der Waals surface area contributed by atoms with Crippen LogP contribution in [0.15, 0.2) is 29.0 Å². The average molecular weight is 293 g/mol. The lowest BCUT2D eigenvalue weighted by atomic mass is 10.2. The molecule has 1 heterocycles. The van der Waals surface area contributed by atoms with Crippen molar-refractivity contribution in [2.24, 2.45) is 0 Å². The minimum Gasteiger partial charge on any atom is -0.201 e. The van der Waals surface area contributed by atoms with Crippen LogP contribution in [0.25, 0.3) is 5.69 Å². The second-order valence-corrected chi connectivity index (χ2v) is 3.77. The van der Waals surface area contributed by atoms with Gasteiger partial charge in [-0.15, -0.1) is 5.10 Å². The fourth-order valence-electron chi connectivity index (χ4n) is 1.15. The molecule has 0 radical (unpaired) electrons. The van der Waals surface area contributed by atoms with E-state index >= 15 is 0 Å². The van der Waals surface area contributed by atoms with Gasteiger partial charge >= 0.3 is 6.18 Å². The van der Waals surface area contributed by atoms with E-state index in [9.17, 15) is 13.2 Å². The third kappa shape index (κ3) is 2.06. The lowest BCUT2D eigenvalue weighted by Gasteiger charge is -2.10. The van der Waals surface area contributed by atoms with Crippen LogP contribution in [0.1, 0.15) is 5.56 Å². The van der Waals surface area contributed by atoms with Gasteiger partial charge in [-0.2, -0.15) is 13.2 Å². The van der Waals surface area contributed by atoms with Crippen LogP contribution < -0.4 is 0 Å². The number of benzene rings is 1. The van der Waals surface area contributed by atoms with Crippen molar-refractivity contribution in [1.29, 1.82) is 0 Å². The standard InChI is InChI=1S/C8H4BrF3N4/c9-7-2-1-5(16-4-13-14-15-16)3-6(7)8(10,11)12/h1-4H. The van der Waals surface area contributed by atoms with Crippen LogP contribution in [0, 0.1) is 0 Å². The van der Waals surface area contributed by atoms with Crippen LogP contribution in [0.2, 0.25) is 0 Å². The van der Waals surface area contributed by atoms with Crippen molar-refractivity contribution in [1.82, 2.24) is 20.2 Å². The van der Waals surface area contributed by atoms with Crippen molar-refractivity contribution in [2.45, 2.75) is 6.18 Å². The van der Waals surface area contributed by atoms with Crippen molar-refractivity contribution >= 4 is 15.9 Å². The molecule has 0 aliphatic carbocycles. The number of aromatic nitrogens is 4. The topological polar surface area (TPSA) is 43.6 Å². The van der Waals surface area contributed by atoms with E-state index in [1.165, 1.54) is 18.5 Å². The van der Waals surface area contributed by atoms with Gasteiger partial charge in [-0.3, -0.25) is 0 Å². The predicted molar refractivity (Wildman–Crippen MR) is 51.9 cm³/mol. The number of alkyl halides is 3. The Morgan fingerprint density at radius 3 is 2.56 bits per heavy atom. The van der Waals surface area contributed by atoms with E-state index < -0.39 is 11.7 Å². The van der Waals surface area contributed by atoms with Crippen LogP contribution in [0.4, 0.5) is 13.2 Å². The van der Waals surface area contributed by atoms with E-state index in [1.807, 2.05) is 0 Å². The van der Waals surface area contributed by atoms with Gasteiger partial charge in [0.25, 0.3) is 0 Å². The van der Waals surface area contributed by atoms with Gasteiger partial charge in [0.15, 0.2) is 0 Å². The van der Waals surface area contributed by atoms with Crippen molar-refractivity contribution < 1.29 is 13.2 Å². The molecular weight excluding hydrogens is 289 g/mol. The van der Waals surface area contributed by atoms with E-state index in [4.69, 9.17) is 0 Å². The third-order valence-electron chi connectivity index (χ3n) is 1.87. The van der Waals surface area contributed by atoms with Crippen LogP contribution in [0.5, 0.6) is 0 Å². The lowest BCUT2D eigenvalue weighted by Crippen LogP contribution is -2.07. The molecule has 0 spiro atoms. The smallest absolute Gasteiger partial charge is 0.201 e. The Kier molecular flexibility index (Phi) is 2.66. The highest BCUT2D eigenvalue weighted by molar-refractivity contribution is 9.10. The summed E-state index contributed by atoms with van der Waals surface area (Å²) in [5.41, 5.74) is -0.513. The van der Waals surface area contributed by atoms with Gasteiger partial charge in [0.05, 0.1) is 11.3 Å². The van der Waals surface area contributed by atoms with E-state index in [0.717, 1.165) is 10.7 Å². The second-order valence-electron chi connectivity index (χ2n) is 2.92. The molecule has 0 fully saturated rings. The Labute approximate surface area is 96.2 Å². The second kappa shape index (κ2) is 3.85. The molecule has 0 bridgehead atoms. The molecule has 1 aromatic heterocycles. The van der Waals surface area contributed by atoms with Gasteiger partial charge < -0.3 is 0 Å². The van der Waals surface area contributed by atoms with Gasteiger partial charge in [0.1, 0.15) is 6.33 Å². The third-order valence-corrected chi connectivity index (χ3v) is 2.56. The number of nitrogens with zero attached hydrogens (tertiary/aromatic N) is 4. The summed E-state index contributed by atoms with van der Waals surface area (Å²) >= 11 is 2.85. The summed E-state index contributed by atoms with van der Waals surface area (Å²) in [5.74, 6) is 0. The van der Waals surface area contributed by atoms with Gasteiger partial charge in [-0.25, -0.2) is 4.68 Å². The summed E-state index contributed by atoms with van der Waals surface area (Å²) in [7, 11) is 0. The minimum absolute atomic E-state index is 0.0168. The number of rotatable bonds is 1. The summed E-state index contributed by atoms with van der Waals surface area (Å²) in [6, 6.07) is 3.76. The largest absolute Gasteiger partial charge is 0.417 e. The first-order valence-electron chi connectivity index (χ1n) is 4.08. The maximum Gasteiger partial charge on any atom is 0.417 e. The summed E-state index contributed by atoms with van der Waals surface area (Å²) in [6.45, 7) is 0. The maximum absolute atomic E-state index is 12.6. The highest BCUT2D eigenvalue weighted by Crippen LogP contribution is 2.35. The van der Waals surface area contributed by atoms with E-state index in [1.54, 1.807) is 0 Å². The van der Waals surface area contributed by atoms with Gasteiger partial charge in [0.2, 0.25) is 0 Å². The first-order chi connectivity index (χ1) is 7.48. The first-order valence-corrected chi connectivity index (χ1v) is 4.88. The SMILES string of the molecule is FC(F)(F)c1cc(-n2cnnn2)ccc1Br. The highest BCUT2D eigenvalue weighted by atomic mass is 79.9. The Morgan fingerprint density at radius 2 is 2.00 bits per heavy atom.